The van der Waals surface area contributed by atoms with Crippen molar-refractivity contribution in [2.75, 3.05) is 17.7 Å². The molecule has 2 aliphatic carbocycles. The molecule has 0 saturated heterocycles. The summed E-state index contributed by atoms with van der Waals surface area (Å²) < 4.78 is 14.0. The topological polar surface area (TPSA) is 50.1 Å². The average molecular weight is 275 g/mol. The molecule has 0 aromatic heterocycles. The Balaban J connectivity index is 1.76. The van der Waals surface area contributed by atoms with Crippen LogP contribution in [0, 0.1) is 17.7 Å². The highest BCUT2D eigenvalue weighted by Gasteiger charge is 2.31. The van der Waals surface area contributed by atoms with Crippen molar-refractivity contribution in [3.8, 4) is 0 Å². The minimum absolute atomic E-state index is 0.109. The molecular formula is C16H22FN3. The molecule has 1 unspecified atom stereocenters. The maximum Gasteiger partial charge on any atom is 0.148 e. The van der Waals surface area contributed by atoms with Crippen molar-refractivity contribution in [3.63, 3.8) is 0 Å². The van der Waals surface area contributed by atoms with E-state index in [1.807, 2.05) is 6.07 Å². The lowest BCUT2D eigenvalue weighted by molar-refractivity contribution is 0.631. The molecule has 108 valence electrons. The lowest BCUT2D eigenvalue weighted by Crippen LogP contribution is -2.21. The number of anilines is 2. The second-order valence-corrected chi connectivity index (χ2v) is 5.88. The van der Waals surface area contributed by atoms with Gasteiger partial charge in [0.15, 0.2) is 0 Å². The van der Waals surface area contributed by atoms with Gasteiger partial charge in [0.25, 0.3) is 0 Å². The third-order valence-corrected chi connectivity index (χ3v) is 4.09. The molecule has 0 bridgehead atoms. The number of halogens is 1. The number of allylic oxidation sites excluding steroid dienone is 1. The fraction of sp³-hybridized carbons (Fsp3) is 0.500. The van der Waals surface area contributed by atoms with Crippen LogP contribution >= 0.6 is 0 Å². The first kappa shape index (κ1) is 13.4. The molecule has 1 atom stereocenters. The van der Waals surface area contributed by atoms with Crippen molar-refractivity contribution in [2.24, 2.45) is 17.6 Å². The van der Waals surface area contributed by atoms with E-state index in [4.69, 9.17) is 5.73 Å². The molecule has 0 radical (unpaired) electrons. The number of nitrogens with two attached hydrogens (primary N) is 1. The zero-order valence-corrected chi connectivity index (χ0v) is 11.8. The van der Waals surface area contributed by atoms with Gasteiger partial charge in [0, 0.05) is 24.5 Å². The van der Waals surface area contributed by atoms with E-state index in [9.17, 15) is 4.39 Å². The molecule has 2 aliphatic rings. The van der Waals surface area contributed by atoms with E-state index in [1.54, 1.807) is 13.1 Å². The number of hydrogen-bond acceptors (Lipinski definition) is 3. The summed E-state index contributed by atoms with van der Waals surface area (Å²) in [7, 11) is 1.78. The second-order valence-electron chi connectivity index (χ2n) is 5.88. The summed E-state index contributed by atoms with van der Waals surface area (Å²) >= 11 is 0. The molecule has 0 heterocycles. The van der Waals surface area contributed by atoms with Crippen LogP contribution in [-0.4, -0.2) is 13.1 Å². The van der Waals surface area contributed by atoms with Crippen LogP contribution in [0.5, 0.6) is 0 Å². The first-order valence-electron chi connectivity index (χ1n) is 7.39. The van der Waals surface area contributed by atoms with Gasteiger partial charge in [-0.15, -0.1) is 0 Å². The Morgan fingerprint density at radius 1 is 1.35 bits per heavy atom. The van der Waals surface area contributed by atoms with E-state index >= 15 is 0 Å². The molecule has 2 fully saturated rings. The Labute approximate surface area is 119 Å². The zero-order chi connectivity index (χ0) is 14.1. The molecule has 4 N–H and O–H groups in total. The Bertz CT molecular complexity index is 518. The Morgan fingerprint density at radius 3 is 2.65 bits per heavy atom. The van der Waals surface area contributed by atoms with Gasteiger partial charge >= 0.3 is 0 Å². The van der Waals surface area contributed by atoms with E-state index in [-0.39, 0.29) is 11.9 Å². The van der Waals surface area contributed by atoms with Crippen LogP contribution in [0.1, 0.15) is 25.7 Å². The van der Waals surface area contributed by atoms with Crippen molar-refractivity contribution < 1.29 is 4.39 Å². The predicted molar refractivity (Wildman–Crippen MR) is 81.1 cm³/mol. The minimum Gasteiger partial charge on any atom is -0.388 e. The Morgan fingerprint density at radius 2 is 2.10 bits per heavy atom. The van der Waals surface area contributed by atoms with Crippen LogP contribution in [0.2, 0.25) is 0 Å². The van der Waals surface area contributed by atoms with Crippen molar-refractivity contribution in [1.29, 1.82) is 0 Å². The van der Waals surface area contributed by atoms with Crippen molar-refractivity contribution >= 4 is 11.4 Å². The summed E-state index contributed by atoms with van der Waals surface area (Å²) in [5, 5.41) is 6.19. The molecule has 1 aromatic carbocycles. The average Bonchev–Trinajstić information content (AvgIpc) is 3.31. The standard InChI is InChI=1S/C16H22FN3/c1-19-12-6-7-15(13(17)8-12)20-16(11-4-5-11)9-14(18)10-2-3-10/h6-11,14,19-20H,2-5,18H2,1H3/b16-9-. The fourth-order valence-corrected chi connectivity index (χ4v) is 2.43. The third-order valence-electron chi connectivity index (χ3n) is 4.09. The first-order valence-corrected chi connectivity index (χ1v) is 7.39. The van der Waals surface area contributed by atoms with Gasteiger partial charge in [0.05, 0.1) is 5.69 Å². The molecule has 2 saturated carbocycles. The van der Waals surface area contributed by atoms with E-state index in [0.29, 0.717) is 17.5 Å². The predicted octanol–water partition coefficient (Wildman–Crippen LogP) is 3.31. The number of nitrogens with one attached hydrogen (secondary N) is 2. The van der Waals surface area contributed by atoms with Gasteiger partial charge in [-0.1, -0.05) is 0 Å². The van der Waals surface area contributed by atoms with Gasteiger partial charge in [-0.25, -0.2) is 4.39 Å². The van der Waals surface area contributed by atoms with E-state index in [2.05, 4.69) is 16.7 Å². The number of benzene rings is 1. The molecule has 4 heteroatoms. The van der Waals surface area contributed by atoms with Crippen LogP contribution in [0.25, 0.3) is 0 Å². The van der Waals surface area contributed by atoms with E-state index < -0.39 is 0 Å². The third kappa shape index (κ3) is 3.12. The lowest BCUT2D eigenvalue weighted by atomic mass is 10.1. The van der Waals surface area contributed by atoms with Gasteiger partial charge in [-0.3, -0.25) is 0 Å². The summed E-state index contributed by atoms with van der Waals surface area (Å²) in [5.41, 5.74) is 8.57. The monoisotopic (exact) mass is 275 g/mol. The highest BCUT2D eigenvalue weighted by Crippen LogP contribution is 2.39. The fourth-order valence-electron chi connectivity index (χ4n) is 2.43. The molecule has 0 amide bonds. The molecule has 20 heavy (non-hydrogen) atoms. The summed E-state index contributed by atoms with van der Waals surface area (Å²) in [5.74, 6) is 0.925. The molecular weight excluding hydrogens is 253 g/mol. The van der Waals surface area contributed by atoms with Crippen molar-refractivity contribution in [2.45, 2.75) is 31.7 Å². The first-order chi connectivity index (χ1) is 9.67. The number of hydrogen-bond donors (Lipinski definition) is 3. The normalized spacial score (nSPS) is 20.6. The van der Waals surface area contributed by atoms with Crippen LogP contribution in [0.4, 0.5) is 15.8 Å². The summed E-state index contributed by atoms with van der Waals surface area (Å²) in [6.07, 6.45) is 6.90. The Kier molecular flexibility index (Phi) is 3.66. The summed E-state index contributed by atoms with van der Waals surface area (Å²) in [6, 6.07) is 5.27. The molecule has 0 spiro atoms. The smallest absolute Gasteiger partial charge is 0.148 e. The molecule has 3 rings (SSSR count). The maximum absolute atomic E-state index is 14.0. The van der Waals surface area contributed by atoms with Crippen LogP contribution in [0.3, 0.4) is 0 Å². The number of rotatable bonds is 6. The highest BCUT2D eigenvalue weighted by atomic mass is 19.1. The highest BCUT2D eigenvalue weighted by molar-refractivity contribution is 5.57. The van der Waals surface area contributed by atoms with Crippen molar-refractivity contribution in [3.05, 3.63) is 35.8 Å². The van der Waals surface area contributed by atoms with Crippen LogP contribution in [-0.2, 0) is 0 Å². The summed E-state index contributed by atoms with van der Waals surface area (Å²) in [6.45, 7) is 0. The van der Waals surface area contributed by atoms with Gasteiger partial charge in [0.1, 0.15) is 5.82 Å². The minimum atomic E-state index is -0.233. The van der Waals surface area contributed by atoms with Crippen LogP contribution in [0.15, 0.2) is 30.0 Å². The molecule has 0 aliphatic heterocycles. The molecule has 1 aromatic rings. The maximum atomic E-state index is 14.0. The van der Waals surface area contributed by atoms with Gasteiger partial charge in [0.2, 0.25) is 0 Å². The molecule has 3 nitrogen and oxygen atoms in total. The summed E-state index contributed by atoms with van der Waals surface area (Å²) in [4.78, 5) is 0. The Hall–Kier alpha value is -1.55. The van der Waals surface area contributed by atoms with Gasteiger partial charge < -0.3 is 16.4 Å². The largest absolute Gasteiger partial charge is 0.388 e. The SMILES string of the molecule is CNc1ccc(N/C(=C\C(N)C2CC2)C2CC2)c(F)c1. The van der Waals surface area contributed by atoms with Gasteiger partial charge in [-0.2, -0.15) is 0 Å². The van der Waals surface area contributed by atoms with Crippen LogP contribution < -0.4 is 16.4 Å². The lowest BCUT2D eigenvalue weighted by Gasteiger charge is -2.14. The van der Waals surface area contributed by atoms with Gasteiger partial charge in [-0.05, 0) is 61.8 Å². The second kappa shape index (κ2) is 5.44. The zero-order valence-electron chi connectivity index (χ0n) is 11.8. The van der Waals surface area contributed by atoms with E-state index in [1.165, 1.54) is 31.7 Å². The van der Waals surface area contributed by atoms with Crippen molar-refractivity contribution in [1.82, 2.24) is 0 Å². The quantitative estimate of drug-likeness (QED) is 0.746. The van der Waals surface area contributed by atoms with E-state index in [0.717, 1.165) is 11.4 Å².